The minimum atomic E-state index is -2.09. The number of anilines is 2. The molecule has 37 heavy (non-hydrogen) atoms. The van der Waals surface area contributed by atoms with Crippen LogP contribution in [0.3, 0.4) is 0 Å². The fraction of sp³-hybridized carbons (Fsp3) is 0.393. The summed E-state index contributed by atoms with van der Waals surface area (Å²) in [6, 6.07) is 16.3. The maximum atomic E-state index is 7.45. The number of likely N-dealkylation sites (tertiary alicyclic amines) is 1. The number of hydrogen-bond donors (Lipinski definition) is 2. The first-order valence-electron chi connectivity index (χ1n) is 14.4. The van der Waals surface area contributed by atoms with Crippen molar-refractivity contribution < 1.29 is 8.85 Å². The number of aromatic nitrogens is 4. The van der Waals surface area contributed by atoms with Gasteiger partial charge in [0.05, 0.1) is 18.8 Å². The second-order valence-corrected chi connectivity index (χ2v) is 9.68. The smallest absolute Gasteiger partial charge is 0.167 e. The number of benzene rings is 1. The molecular formula is C28H34N8O. The van der Waals surface area contributed by atoms with Crippen molar-refractivity contribution in [3.05, 3.63) is 60.3 Å². The second-order valence-electron chi connectivity index (χ2n) is 9.68. The molecule has 0 aliphatic carbocycles. The minimum absolute atomic E-state index is 0.0360. The number of rotatable bonds is 6. The van der Waals surface area contributed by atoms with Gasteiger partial charge in [-0.25, -0.2) is 15.0 Å². The van der Waals surface area contributed by atoms with Gasteiger partial charge in [-0.1, -0.05) is 12.1 Å². The van der Waals surface area contributed by atoms with Gasteiger partial charge in [-0.05, 0) is 74.9 Å². The summed E-state index contributed by atoms with van der Waals surface area (Å²) in [5.41, 5.74) is 10.7. The Morgan fingerprint density at radius 1 is 1.03 bits per heavy atom. The van der Waals surface area contributed by atoms with Gasteiger partial charge >= 0.3 is 0 Å². The molecule has 1 aromatic carbocycles. The number of imidazole rings is 1. The van der Waals surface area contributed by atoms with E-state index in [2.05, 4.69) is 48.9 Å². The van der Waals surface area contributed by atoms with Crippen molar-refractivity contribution >= 4 is 22.8 Å². The molecular weight excluding hydrogens is 464 g/mol. The third-order valence-corrected chi connectivity index (χ3v) is 7.30. The van der Waals surface area contributed by atoms with Crippen molar-refractivity contribution in [2.75, 3.05) is 57.0 Å². The molecule has 9 nitrogen and oxygen atoms in total. The molecule has 0 spiro atoms. The van der Waals surface area contributed by atoms with Gasteiger partial charge in [0.25, 0.3) is 0 Å². The van der Waals surface area contributed by atoms with E-state index >= 15 is 0 Å². The quantitative estimate of drug-likeness (QED) is 0.416. The van der Waals surface area contributed by atoms with Crippen LogP contribution in [0.15, 0.2) is 54.7 Å². The van der Waals surface area contributed by atoms with Gasteiger partial charge in [0.1, 0.15) is 17.2 Å². The number of fused-ring (bicyclic) bond motifs is 1. The van der Waals surface area contributed by atoms with Crippen molar-refractivity contribution in [1.29, 1.82) is 0 Å². The molecule has 0 amide bonds. The largest absolute Gasteiger partial charge is 0.383 e. The highest BCUT2D eigenvalue weighted by Crippen LogP contribution is 2.31. The van der Waals surface area contributed by atoms with E-state index < -0.39 is 6.98 Å². The number of piperidine rings is 1. The Morgan fingerprint density at radius 3 is 2.59 bits per heavy atom. The minimum Gasteiger partial charge on any atom is -0.383 e. The summed E-state index contributed by atoms with van der Waals surface area (Å²) in [6.45, 7) is 3.42. The van der Waals surface area contributed by atoms with E-state index in [1.165, 1.54) is 5.56 Å². The Hall–Kier alpha value is -3.53. The number of nitrogens with zero attached hydrogens (tertiary/aromatic N) is 6. The Balaban J connectivity index is 1.29. The molecule has 0 saturated carbocycles. The number of ether oxygens (including phenoxy) is 1. The normalized spacial score (nSPS) is 19.0. The van der Waals surface area contributed by atoms with Crippen LogP contribution in [0, 0.1) is 0 Å². The van der Waals surface area contributed by atoms with E-state index in [4.69, 9.17) is 24.6 Å². The predicted molar refractivity (Wildman–Crippen MR) is 147 cm³/mol. The molecule has 6 rings (SSSR count). The maximum Gasteiger partial charge on any atom is 0.167 e. The molecule has 3 N–H and O–H groups in total. The van der Waals surface area contributed by atoms with Gasteiger partial charge in [-0.15, -0.1) is 0 Å². The molecule has 0 unspecified atom stereocenters. The lowest BCUT2D eigenvalue weighted by atomic mass is 10.0. The zero-order chi connectivity index (χ0) is 27.7. The molecule has 192 valence electrons. The topological polar surface area (TPSA) is 97.4 Å². The highest BCUT2D eigenvalue weighted by Gasteiger charge is 2.21. The van der Waals surface area contributed by atoms with E-state index in [0.29, 0.717) is 24.9 Å². The van der Waals surface area contributed by atoms with Gasteiger partial charge in [-0.3, -0.25) is 9.47 Å². The zero-order valence-electron chi connectivity index (χ0n) is 23.8. The molecule has 3 aromatic heterocycles. The molecule has 0 atom stereocenters. The van der Waals surface area contributed by atoms with Crippen LogP contribution in [0.1, 0.15) is 22.5 Å². The van der Waals surface area contributed by atoms with Gasteiger partial charge in [-0.2, -0.15) is 0 Å². The van der Waals surface area contributed by atoms with Gasteiger partial charge < -0.3 is 20.7 Å². The van der Waals surface area contributed by atoms with E-state index in [0.717, 1.165) is 73.8 Å². The summed E-state index contributed by atoms with van der Waals surface area (Å²) in [7, 11) is 0. The summed E-state index contributed by atoms with van der Waals surface area (Å²) < 4.78 is 29.9. The third kappa shape index (κ3) is 4.90. The highest BCUT2D eigenvalue weighted by atomic mass is 16.5. The number of nitrogens with one attached hydrogen (secondary N) is 1. The lowest BCUT2D eigenvalue weighted by Crippen LogP contribution is -2.40. The zero-order valence-corrected chi connectivity index (χ0v) is 20.8. The molecule has 0 radical (unpaired) electrons. The van der Waals surface area contributed by atoms with Crippen LogP contribution in [0.4, 0.5) is 11.6 Å². The summed E-state index contributed by atoms with van der Waals surface area (Å²) >= 11 is 0. The molecule has 2 fully saturated rings. The number of nitrogens with two attached hydrogens (primary N) is 1. The summed E-state index contributed by atoms with van der Waals surface area (Å²) in [5, 5.41) is 2.76. The van der Waals surface area contributed by atoms with Crippen LogP contribution >= 0.6 is 0 Å². The summed E-state index contributed by atoms with van der Waals surface area (Å²) in [4.78, 5) is 18.9. The number of nitrogen functional groups attached to an aromatic ring is 1. The van der Waals surface area contributed by atoms with E-state index in [9.17, 15) is 0 Å². The first kappa shape index (κ1) is 20.5. The Kier molecular flexibility index (Phi) is 5.80. The summed E-state index contributed by atoms with van der Waals surface area (Å²) in [6.07, 6.45) is 3.33. The highest BCUT2D eigenvalue weighted by molar-refractivity contribution is 5.83. The fourth-order valence-corrected chi connectivity index (χ4v) is 5.19. The van der Waals surface area contributed by atoms with Crippen molar-refractivity contribution in [2.45, 2.75) is 25.4 Å². The molecule has 2 aliphatic rings. The van der Waals surface area contributed by atoms with E-state index in [1.807, 2.05) is 24.3 Å². The first-order chi connectivity index (χ1) is 19.3. The average molecular weight is 502 g/mol. The van der Waals surface area contributed by atoms with Crippen molar-refractivity contribution in [2.24, 2.45) is 0 Å². The maximum absolute atomic E-state index is 7.45. The number of pyridine rings is 2. The lowest BCUT2D eigenvalue weighted by Gasteiger charge is -2.31. The molecule has 9 heteroatoms. The first-order valence-corrected chi connectivity index (χ1v) is 12.9. The van der Waals surface area contributed by atoms with Gasteiger partial charge in [0, 0.05) is 41.7 Å². The monoisotopic (exact) mass is 501 g/mol. The molecule has 2 saturated heterocycles. The van der Waals surface area contributed by atoms with Crippen LogP contribution in [-0.2, 0) is 11.3 Å². The van der Waals surface area contributed by atoms with Crippen LogP contribution in [0.2, 0.25) is 0 Å². The SMILES string of the molecule is [2H]C([2H])([2H])NC1CCN(Cc2ccc(-n3c(-c4cccnc4N)nc4ccc(N5CCOCC5)nc43)cc2)CC1. The molecule has 4 aromatic rings. The average Bonchev–Trinajstić information content (AvgIpc) is 3.33. The Bertz CT molecular complexity index is 1460. The van der Waals surface area contributed by atoms with Crippen LogP contribution < -0.4 is 16.0 Å². The van der Waals surface area contributed by atoms with Crippen LogP contribution in [0.5, 0.6) is 0 Å². The standard InChI is InChI=1S/C28H34N8O/c1-30-21-10-13-34(14-11-21)19-20-4-6-22(7-5-20)36-27(23-3-2-12-31-26(23)29)32-24-8-9-25(33-28(24)36)35-15-17-37-18-16-35/h2-9,12,21,30H,10-11,13-19H2,1H3,(H2,29,31)/i1D3. The van der Waals surface area contributed by atoms with Crippen LogP contribution in [0.25, 0.3) is 28.2 Å². The Morgan fingerprint density at radius 2 is 1.84 bits per heavy atom. The van der Waals surface area contributed by atoms with Crippen molar-refractivity contribution in [1.82, 2.24) is 29.7 Å². The lowest BCUT2D eigenvalue weighted by molar-refractivity contribution is 0.122. The van der Waals surface area contributed by atoms with E-state index in [-0.39, 0.29) is 6.04 Å². The van der Waals surface area contributed by atoms with Gasteiger partial charge in [0.2, 0.25) is 0 Å². The molecule has 5 heterocycles. The Labute approximate surface area is 221 Å². The van der Waals surface area contributed by atoms with Crippen LogP contribution in [-0.4, -0.2) is 76.8 Å². The second kappa shape index (κ2) is 10.5. The number of morpholine rings is 1. The molecule has 2 aliphatic heterocycles. The fourth-order valence-electron chi connectivity index (χ4n) is 5.19. The molecule has 0 bridgehead atoms. The van der Waals surface area contributed by atoms with E-state index in [1.54, 1.807) is 6.20 Å². The summed E-state index contributed by atoms with van der Waals surface area (Å²) in [5.74, 6) is 2.01. The number of hydrogen-bond acceptors (Lipinski definition) is 8. The van der Waals surface area contributed by atoms with Crippen molar-refractivity contribution in [3.63, 3.8) is 0 Å². The predicted octanol–water partition coefficient (Wildman–Crippen LogP) is 3.09. The third-order valence-electron chi connectivity index (χ3n) is 7.30. The van der Waals surface area contributed by atoms with Gasteiger partial charge in [0.15, 0.2) is 11.5 Å². The van der Waals surface area contributed by atoms with Crippen molar-refractivity contribution in [3.8, 4) is 17.1 Å².